The molecule has 13 heavy (non-hydrogen) atoms. The summed E-state index contributed by atoms with van der Waals surface area (Å²) in [6.07, 6.45) is 0. The minimum Gasteiger partial charge on any atom is -0.322 e. The molecule has 0 unspecified atom stereocenters. The molecule has 0 amide bonds. The molecule has 1 nitrogen and oxygen atoms in total. The van der Waals surface area contributed by atoms with Crippen LogP contribution < -0.4 is 5.73 Å². The molecule has 0 aromatic heterocycles. The monoisotopic (exact) mass is 207 g/mol. The van der Waals surface area contributed by atoms with E-state index < -0.39 is 18.5 Å². The fourth-order valence-corrected chi connectivity index (χ4v) is 1.02. The molecule has 0 aliphatic carbocycles. The molecule has 1 atom stereocenters. The lowest BCUT2D eigenvalue weighted by Gasteiger charge is -2.08. The average Bonchev–Trinajstić information content (AvgIpc) is 2.03. The Morgan fingerprint density at radius 1 is 1.46 bits per heavy atom. The first-order valence-electron chi connectivity index (χ1n) is 3.72. The van der Waals surface area contributed by atoms with Crippen molar-refractivity contribution in [2.75, 3.05) is 6.67 Å². The summed E-state index contributed by atoms with van der Waals surface area (Å²) in [5.74, 6) is -0.430. The van der Waals surface area contributed by atoms with Crippen molar-refractivity contribution in [2.45, 2.75) is 13.0 Å². The van der Waals surface area contributed by atoms with Crippen molar-refractivity contribution >= 4 is 12.4 Å². The first-order chi connectivity index (χ1) is 5.65. The largest absolute Gasteiger partial charge is 0.322 e. The lowest BCUT2D eigenvalue weighted by Crippen LogP contribution is -2.13. The highest BCUT2D eigenvalue weighted by Gasteiger charge is 2.10. The summed E-state index contributed by atoms with van der Waals surface area (Å²) in [5.41, 5.74) is 6.38. The van der Waals surface area contributed by atoms with Crippen molar-refractivity contribution in [1.82, 2.24) is 0 Å². The lowest BCUT2D eigenvalue weighted by molar-refractivity contribution is 0.426. The highest BCUT2D eigenvalue weighted by molar-refractivity contribution is 5.85. The molecule has 0 aliphatic rings. The molecule has 0 aliphatic heterocycles. The summed E-state index contributed by atoms with van der Waals surface area (Å²) < 4.78 is 25.1. The number of hydrogen-bond acceptors (Lipinski definition) is 1. The number of rotatable bonds is 2. The summed E-state index contributed by atoms with van der Waals surface area (Å²) in [5, 5.41) is 0. The van der Waals surface area contributed by atoms with Gasteiger partial charge in [0.15, 0.2) is 0 Å². The molecule has 0 bridgehead atoms. The minimum absolute atomic E-state index is 0. The van der Waals surface area contributed by atoms with Crippen molar-refractivity contribution in [3.05, 3.63) is 35.1 Å². The maximum atomic E-state index is 13.0. The van der Waals surface area contributed by atoms with Crippen LogP contribution >= 0.6 is 12.4 Å². The van der Waals surface area contributed by atoms with E-state index in [-0.39, 0.29) is 18.0 Å². The number of aryl methyl sites for hydroxylation is 1. The van der Waals surface area contributed by atoms with Gasteiger partial charge in [0.05, 0.1) is 6.04 Å². The topological polar surface area (TPSA) is 26.0 Å². The standard InChI is InChI=1S/C9H11F2N.ClH/c1-6-2-3-7(8(11)4-6)9(12)5-10;/h2-4,9H,5,12H2,1H3;1H/t9-;/m1./s1. The van der Waals surface area contributed by atoms with Crippen LogP contribution in [0.5, 0.6) is 0 Å². The quantitative estimate of drug-likeness (QED) is 0.793. The first kappa shape index (κ1) is 12.3. The van der Waals surface area contributed by atoms with Crippen LogP contribution in [0.1, 0.15) is 17.2 Å². The van der Waals surface area contributed by atoms with Gasteiger partial charge in [0.25, 0.3) is 0 Å². The fourth-order valence-electron chi connectivity index (χ4n) is 1.02. The predicted octanol–water partition coefficient (Wildman–Crippen LogP) is 2.53. The Morgan fingerprint density at radius 3 is 2.54 bits per heavy atom. The van der Waals surface area contributed by atoms with Gasteiger partial charge in [0.2, 0.25) is 0 Å². The van der Waals surface area contributed by atoms with Crippen LogP contribution in [0, 0.1) is 12.7 Å². The number of nitrogens with two attached hydrogens (primary N) is 1. The molecule has 0 radical (unpaired) electrons. The summed E-state index contributed by atoms with van der Waals surface area (Å²) in [6, 6.07) is 3.75. The summed E-state index contributed by atoms with van der Waals surface area (Å²) in [4.78, 5) is 0. The van der Waals surface area contributed by atoms with Gasteiger partial charge in [-0.25, -0.2) is 8.78 Å². The molecule has 0 saturated heterocycles. The molecule has 0 heterocycles. The van der Waals surface area contributed by atoms with Gasteiger partial charge in [0, 0.05) is 5.56 Å². The van der Waals surface area contributed by atoms with Crippen LogP contribution in [0.25, 0.3) is 0 Å². The summed E-state index contributed by atoms with van der Waals surface area (Å²) in [7, 11) is 0. The molecule has 74 valence electrons. The maximum Gasteiger partial charge on any atom is 0.128 e. The van der Waals surface area contributed by atoms with Gasteiger partial charge in [-0.2, -0.15) is 0 Å². The second-order valence-corrected chi connectivity index (χ2v) is 2.79. The zero-order valence-electron chi connectivity index (χ0n) is 7.26. The van der Waals surface area contributed by atoms with Crippen LogP contribution in [-0.4, -0.2) is 6.67 Å². The molecular formula is C9H12ClF2N. The highest BCUT2D eigenvalue weighted by atomic mass is 35.5. The zero-order valence-corrected chi connectivity index (χ0v) is 8.07. The number of halogens is 3. The van der Waals surface area contributed by atoms with E-state index >= 15 is 0 Å². The third-order valence-electron chi connectivity index (χ3n) is 1.72. The Kier molecular flexibility index (Phi) is 4.88. The van der Waals surface area contributed by atoms with Crippen molar-refractivity contribution < 1.29 is 8.78 Å². The molecule has 0 fully saturated rings. The Bertz CT molecular complexity index is 278. The van der Waals surface area contributed by atoms with Gasteiger partial charge >= 0.3 is 0 Å². The Labute approximate surface area is 82.4 Å². The van der Waals surface area contributed by atoms with Crippen molar-refractivity contribution in [2.24, 2.45) is 5.73 Å². The molecule has 4 heteroatoms. The van der Waals surface area contributed by atoms with E-state index in [1.54, 1.807) is 13.0 Å². The normalized spacial score (nSPS) is 12.0. The summed E-state index contributed by atoms with van der Waals surface area (Å²) in [6.45, 7) is 1.04. The Balaban J connectivity index is 0.00000144. The van der Waals surface area contributed by atoms with E-state index in [0.29, 0.717) is 0 Å². The van der Waals surface area contributed by atoms with Crippen molar-refractivity contribution in [3.8, 4) is 0 Å². The molecule has 1 aromatic carbocycles. The third kappa shape index (κ3) is 2.94. The van der Waals surface area contributed by atoms with Gasteiger partial charge in [-0.3, -0.25) is 0 Å². The van der Waals surface area contributed by atoms with E-state index in [2.05, 4.69) is 0 Å². The van der Waals surface area contributed by atoms with E-state index in [1.807, 2.05) is 0 Å². The molecular weight excluding hydrogens is 196 g/mol. The zero-order chi connectivity index (χ0) is 9.14. The van der Waals surface area contributed by atoms with Crippen LogP contribution in [0.2, 0.25) is 0 Å². The van der Waals surface area contributed by atoms with E-state index in [1.165, 1.54) is 12.1 Å². The van der Waals surface area contributed by atoms with Crippen LogP contribution in [0.15, 0.2) is 18.2 Å². The predicted molar refractivity (Wildman–Crippen MR) is 51.3 cm³/mol. The highest BCUT2D eigenvalue weighted by Crippen LogP contribution is 2.16. The SMILES string of the molecule is Cc1ccc([C@H](N)CF)c(F)c1.Cl. The van der Waals surface area contributed by atoms with Crippen molar-refractivity contribution in [3.63, 3.8) is 0 Å². The van der Waals surface area contributed by atoms with Crippen LogP contribution in [0.4, 0.5) is 8.78 Å². The smallest absolute Gasteiger partial charge is 0.128 e. The second kappa shape index (κ2) is 5.14. The Hall–Kier alpha value is -0.670. The third-order valence-corrected chi connectivity index (χ3v) is 1.72. The van der Waals surface area contributed by atoms with Crippen molar-refractivity contribution in [1.29, 1.82) is 0 Å². The van der Waals surface area contributed by atoms with Gasteiger partial charge in [-0.15, -0.1) is 12.4 Å². The number of alkyl halides is 1. The van der Waals surface area contributed by atoms with Crippen LogP contribution in [-0.2, 0) is 0 Å². The van der Waals surface area contributed by atoms with E-state index in [9.17, 15) is 8.78 Å². The van der Waals surface area contributed by atoms with Gasteiger partial charge in [-0.1, -0.05) is 12.1 Å². The number of hydrogen-bond donors (Lipinski definition) is 1. The fraction of sp³-hybridized carbons (Fsp3) is 0.333. The van der Waals surface area contributed by atoms with Gasteiger partial charge in [0.1, 0.15) is 12.5 Å². The molecule has 2 N–H and O–H groups in total. The van der Waals surface area contributed by atoms with E-state index in [4.69, 9.17) is 5.73 Å². The molecule has 1 aromatic rings. The van der Waals surface area contributed by atoms with E-state index in [0.717, 1.165) is 5.56 Å². The number of benzene rings is 1. The average molecular weight is 208 g/mol. The minimum atomic E-state index is -0.842. The summed E-state index contributed by atoms with van der Waals surface area (Å²) >= 11 is 0. The molecule has 0 saturated carbocycles. The first-order valence-corrected chi connectivity index (χ1v) is 3.72. The van der Waals surface area contributed by atoms with Gasteiger partial charge in [-0.05, 0) is 18.6 Å². The molecule has 1 rings (SSSR count). The maximum absolute atomic E-state index is 13.0. The Morgan fingerprint density at radius 2 is 2.08 bits per heavy atom. The molecule has 0 spiro atoms. The van der Waals surface area contributed by atoms with Gasteiger partial charge < -0.3 is 5.73 Å². The second-order valence-electron chi connectivity index (χ2n) is 2.79. The van der Waals surface area contributed by atoms with Crippen LogP contribution in [0.3, 0.4) is 0 Å². The lowest BCUT2D eigenvalue weighted by atomic mass is 10.1.